The molecule has 0 saturated heterocycles. The Balaban J connectivity index is 1.52. The number of thiazole rings is 1. The number of rotatable bonds is 7. The van der Waals surface area contributed by atoms with Gasteiger partial charge in [0.25, 0.3) is 0 Å². The van der Waals surface area contributed by atoms with Gasteiger partial charge < -0.3 is 9.73 Å². The van der Waals surface area contributed by atoms with Gasteiger partial charge in [0.1, 0.15) is 11.6 Å². The van der Waals surface area contributed by atoms with Crippen LogP contribution in [0.1, 0.15) is 24.1 Å². The van der Waals surface area contributed by atoms with Crippen molar-refractivity contribution in [2.45, 2.75) is 29.7 Å². The fraction of sp³-hybridized carbons (Fsp3) is 0.235. The predicted octanol–water partition coefficient (Wildman–Crippen LogP) is 4.31. The summed E-state index contributed by atoms with van der Waals surface area (Å²) >= 11 is 2.90. The van der Waals surface area contributed by atoms with E-state index in [9.17, 15) is 9.18 Å². The maximum atomic E-state index is 13.6. The summed E-state index contributed by atoms with van der Waals surface area (Å²) < 4.78 is 20.1. The number of amides is 1. The van der Waals surface area contributed by atoms with Gasteiger partial charge in [-0.1, -0.05) is 36.5 Å². The summed E-state index contributed by atoms with van der Waals surface area (Å²) in [5.41, 5.74) is 0.363. The zero-order valence-electron chi connectivity index (χ0n) is 13.5. The van der Waals surface area contributed by atoms with Crippen LogP contribution in [-0.4, -0.2) is 15.9 Å². The molecule has 1 aromatic carbocycles. The molecule has 0 aliphatic heterocycles. The number of oxazole rings is 1. The van der Waals surface area contributed by atoms with Crippen LogP contribution in [0.3, 0.4) is 0 Å². The fourth-order valence-electron chi connectivity index (χ4n) is 2.07. The summed E-state index contributed by atoms with van der Waals surface area (Å²) in [6.07, 6.45) is 4.22. The van der Waals surface area contributed by atoms with E-state index in [0.29, 0.717) is 22.3 Å². The second-order valence-electron chi connectivity index (χ2n) is 5.16. The lowest BCUT2D eigenvalue weighted by Crippen LogP contribution is -2.14. The van der Waals surface area contributed by atoms with Crippen LogP contribution in [0.4, 0.5) is 9.52 Å². The number of carbonyl (C=O) groups excluding carboxylic acids is 1. The third kappa shape index (κ3) is 4.90. The Morgan fingerprint density at radius 1 is 1.32 bits per heavy atom. The Kier molecular flexibility index (Phi) is 5.83. The molecule has 8 heteroatoms. The summed E-state index contributed by atoms with van der Waals surface area (Å²) in [6, 6.07) is 6.24. The molecule has 130 valence electrons. The van der Waals surface area contributed by atoms with E-state index in [1.54, 1.807) is 42.4 Å². The Hall–Kier alpha value is -2.19. The maximum absolute atomic E-state index is 13.6. The molecule has 0 radical (unpaired) electrons. The molecular weight excluding hydrogens is 361 g/mol. The Morgan fingerprint density at radius 3 is 2.92 bits per heavy atom. The first-order chi connectivity index (χ1) is 12.1. The van der Waals surface area contributed by atoms with Crippen LogP contribution in [0.15, 0.2) is 45.3 Å². The second-order valence-corrected chi connectivity index (χ2v) is 7.47. The molecular formula is C17H16FN3O2S2. The Bertz CT molecular complexity index is 863. The van der Waals surface area contributed by atoms with E-state index in [2.05, 4.69) is 15.3 Å². The van der Waals surface area contributed by atoms with Gasteiger partial charge in [-0.2, -0.15) is 0 Å². The molecule has 2 aromatic heterocycles. The van der Waals surface area contributed by atoms with Crippen molar-refractivity contribution in [2.24, 2.45) is 0 Å². The minimum atomic E-state index is -0.384. The van der Waals surface area contributed by atoms with Crippen molar-refractivity contribution < 1.29 is 13.6 Å². The normalized spacial score (nSPS) is 10.8. The highest BCUT2D eigenvalue weighted by Crippen LogP contribution is 2.30. The highest BCUT2D eigenvalue weighted by molar-refractivity contribution is 8.00. The Labute approximate surface area is 152 Å². The summed E-state index contributed by atoms with van der Waals surface area (Å²) in [5, 5.41) is 3.19. The SMILES string of the molecule is CCc1cnc(CSc2cnc(NC(=O)Cc3ccccc3F)s2)o1. The van der Waals surface area contributed by atoms with Gasteiger partial charge in [0.05, 0.1) is 28.8 Å². The molecule has 0 fully saturated rings. The standard InChI is InChI=1S/C17H16FN3O2S2/c1-2-12-8-19-15(23-12)10-24-16-9-20-17(25-16)21-14(22)7-11-5-3-4-6-13(11)18/h3-6,8-9H,2,7,10H2,1H3,(H,20,21,22). The molecule has 3 rings (SSSR count). The average Bonchev–Trinajstić information content (AvgIpc) is 3.24. The van der Waals surface area contributed by atoms with Crippen molar-refractivity contribution in [1.29, 1.82) is 0 Å². The molecule has 2 heterocycles. The number of halogens is 1. The third-order valence-electron chi connectivity index (χ3n) is 3.33. The van der Waals surface area contributed by atoms with Crippen LogP contribution in [-0.2, 0) is 23.4 Å². The van der Waals surface area contributed by atoms with Gasteiger partial charge in [0.2, 0.25) is 11.8 Å². The van der Waals surface area contributed by atoms with Gasteiger partial charge in [0.15, 0.2) is 5.13 Å². The first-order valence-electron chi connectivity index (χ1n) is 7.69. The van der Waals surface area contributed by atoms with Crippen molar-refractivity contribution in [2.75, 3.05) is 5.32 Å². The molecule has 0 unspecified atom stereocenters. The molecule has 0 spiro atoms. The van der Waals surface area contributed by atoms with E-state index >= 15 is 0 Å². The molecule has 0 atom stereocenters. The van der Waals surface area contributed by atoms with Gasteiger partial charge in [-0.15, -0.1) is 11.8 Å². The summed E-state index contributed by atoms with van der Waals surface area (Å²) in [7, 11) is 0. The number of hydrogen-bond acceptors (Lipinski definition) is 6. The topological polar surface area (TPSA) is 68.0 Å². The van der Waals surface area contributed by atoms with E-state index in [1.165, 1.54) is 17.4 Å². The van der Waals surface area contributed by atoms with Crippen molar-refractivity contribution in [3.05, 3.63) is 59.7 Å². The predicted molar refractivity (Wildman–Crippen MR) is 96.3 cm³/mol. The smallest absolute Gasteiger partial charge is 0.230 e. The molecule has 25 heavy (non-hydrogen) atoms. The number of hydrogen-bond donors (Lipinski definition) is 1. The fourth-order valence-corrected chi connectivity index (χ4v) is 3.82. The second kappa shape index (κ2) is 8.26. The maximum Gasteiger partial charge on any atom is 0.230 e. The highest BCUT2D eigenvalue weighted by atomic mass is 32.2. The first kappa shape index (κ1) is 17.6. The number of aromatic nitrogens is 2. The zero-order chi connectivity index (χ0) is 17.6. The Morgan fingerprint density at radius 2 is 2.16 bits per heavy atom. The lowest BCUT2D eigenvalue weighted by Gasteiger charge is -2.02. The largest absolute Gasteiger partial charge is 0.445 e. The van der Waals surface area contributed by atoms with E-state index in [1.807, 2.05) is 6.92 Å². The van der Waals surface area contributed by atoms with Gasteiger partial charge in [-0.3, -0.25) is 4.79 Å². The molecule has 0 aliphatic carbocycles. The van der Waals surface area contributed by atoms with Crippen LogP contribution in [0, 0.1) is 5.82 Å². The van der Waals surface area contributed by atoms with Gasteiger partial charge in [0, 0.05) is 6.42 Å². The number of nitrogens with zero attached hydrogens (tertiary/aromatic N) is 2. The van der Waals surface area contributed by atoms with Gasteiger partial charge in [-0.05, 0) is 11.6 Å². The van der Waals surface area contributed by atoms with Crippen molar-refractivity contribution >= 4 is 34.1 Å². The lowest BCUT2D eigenvalue weighted by molar-refractivity contribution is -0.115. The summed E-state index contributed by atoms with van der Waals surface area (Å²) in [6.45, 7) is 2.01. The minimum absolute atomic E-state index is 0.0230. The van der Waals surface area contributed by atoms with Crippen molar-refractivity contribution in [3.63, 3.8) is 0 Å². The van der Waals surface area contributed by atoms with Gasteiger partial charge >= 0.3 is 0 Å². The molecule has 0 aliphatic rings. The number of thioether (sulfide) groups is 1. The zero-order valence-corrected chi connectivity index (χ0v) is 15.1. The van der Waals surface area contributed by atoms with E-state index in [4.69, 9.17) is 4.42 Å². The van der Waals surface area contributed by atoms with E-state index in [0.717, 1.165) is 16.4 Å². The van der Waals surface area contributed by atoms with Crippen molar-refractivity contribution in [3.8, 4) is 0 Å². The monoisotopic (exact) mass is 377 g/mol. The molecule has 0 saturated carbocycles. The molecule has 1 N–H and O–H groups in total. The number of benzene rings is 1. The number of carbonyl (C=O) groups is 1. The van der Waals surface area contributed by atoms with Gasteiger partial charge in [-0.25, -0.2) is 14.4 Å². The number of aryl methyl sites for hydroxylation is 1. The van der Waals surface area contributed by atoms with Crippen molar-refractivity contribution in [1.82, 2.24) is 9.97 Å². The van der Waals surface area contributed by atoms with E-state index < -0.39 is 0 Å². The van der Waals surface area contributed by atoms with Crippen LogP contribution in [0.5, 0.6) is 0 Å². The number of nitrogens with one attached hydrogen (secondary N) is 1. The molecule has 0 bridgehead atoms. The first-order valence-corrected chi connectivity index (χ1v) is 9.49. The van der Waals surface area contributed by atoms with Crippen LogP contribution < -0.4 is 5.32 Å². The minimum Gasteiger partial charge on any atom is -0.445 e. The number of anilines is 1. The average molecular weight is 377 g/mol. The van der Waals surface area contributed by atoms with E-state index in [-0.39, 0.29) is 18.1 Å². The van der Waals surface area contributed by atoms with Crippen LogP contribution in [0.2, 0.25) is 0 Å². The summed E-state index contributed by atoms with van der Waals surface area (Å²) in [4.78, 5) is 20.4. The summed E-state index contributed by atoms with van der Waals surface area (Å²) in [5.74, 6) is 1.45. The van der Waals surface area contributed by atoms with Crippen LogP contribution in [0.25, 0.3) is 0 Å². The quantitative estimate of drug-likeness (QED) is 0.622. The molecule has 3 aromatic rings. The molecule has 1 amide bonds. The molecule has 5 nitrogen and oxygen atoms in total. The van der Waals surface area contributed by atoms with Crippen LogP contribution >= 0.6 is 23.1 Å². The highest BCUT2D eigenvalue weighted by Gasteiger charge is 2.11. The lowest BCUT2D eigenvalue weighted by atomic mass is 10.1. The third-order valence-corrected chi connectivity index (χ3v) is 5.42.